The molecule has 1 fully saturated rings. The van der Waals surface area contributed by atoms with E-state index in [-0.39, 0.29) is 5.54 Å². The van der Waals surface area contributed by atoms with Crippen LogP contribution in [0.1, 0.15) is 33.6 Å². The Morgan fingerprint density at radius 3 is 2.33 bits per heavy atom. The zero-order chi connectivity index (χ0) is 11.3. The second-order valence-corrected chi connectivity index (χ2v) is 6.95. The van der Waals surface area contributed by atoms with Crippen molar-refractivity contribution in [2.24, 2.45) is 0 Å². The normalized spacial score (nSPS) is 27.9. The second-order valence-electron chi connectivity index (χ2n) is 5.25. The Morgan fingerprint density at radius 1 is 1.20 bits per heavy atom. The average molecular weight is 232 g/mol. The molecular weight excluding hydrogens is 208 g/mol. The molecule has 2 N–H and O–H groups in total. The molecule has 0 aromatic carbocycles. The number of rotatable bonds is 4. The average Bonchev–Trinajstić information content (AvgIpc) is 2.14. The van der Waals surface area contributed by atoms with Gasteiger partial charge < -0.3 is 10.6 Å². The highest BCUT2D eigenvalue weighted by atomic mass is 32.2. The van der Waals surface area contributed by atoms with Crippen LogP contribution in [0.15, 0.2) is 0 Å². The summed E-state index contributed by atoms with van der Waals surface area (Å²) in [6.45, 7) is 8.54. The predicted molar refractivity (Wildman–Crippen MR) is 66.7 cm³/mol. The van der Waals surface area contributed by atoms with Crippen LogP contribution < -0.4 is 10.6 Å². The third-order valence-electron chi connectivity index (χ3n) is 2.60. The van der Waals surface area contributed by atoms with Gasteiger partial charge in [0.15, 0.2) is 0 Å². The molecule has 1 aliphatic rings. The SMILES string of the molecule is CC(C)(C)NCCNC1CCS(=O)CC1. The monoisotopic (exact) mass is 232 g/mol. The maximum Gasteiger partial charge on any atom is 0.0249 e. The van der Waals surface area contributed by atoms with E-state index in [0.29, 0.717) is 6.04 Å². The van der Waals surface area contributed by atoms with Crippen LogP contribution in [0, 0.1) is 0 Å². The molecule has 1 rings (SSSR count). The van der Waals surface area contributed by atoms with Gasteiger partial charge in [-0.15, -0.1) is 0 Å². The maximum absolute atomic E-state index is 11.1. The lowest BCUT2D eigenvalue weighted by atomic mass is 10.1. The second kappa shape index (κ2) is 5.97. The van der Waals surface area contributed by atoms with Gasteiger partial charge in [-0.2, -0.15) is 0 Å². The molecule has 0 spiro atoms. The molecular formula is C11H24N2OS. The van der Waals surface area contributed by atoms with Gasteiger partial charge in [0, 0.05) is 47.0 Å². The van der Waals surface area contributed by atoms with Crippen molar-refractivity contribution in [3.8, 4) is 0 Å². The fourth-order valence-electron chi connectivity index (χ4n) is 1.71. The molecule has 0 bridgehead atoms. The number of nitrogens with one attached hydrogen (secondary N) is 2. The predicted octanol–water partition coefficient (Wildman–Crippen LogP) is 0.875. The lowest BCUT2D eigenvalue weighted by molar-refractivity contribution is 0.402. The third-order valence-corrected chi connectivity index (χ3v) is 3.98. The highest BCUT2D eigenvalue weighted by molar-refractivity contribution is 7.85. The smallest absolute Gasteiger partial charge is 0.0249 e. The van der Waals surface area contributed by atoms with Gasteiger partial charge in [-0.1, -0.05) is 0 Å². The molecule has 0 atom stereocenters. The van der Waals surface area contributed by atoms with E-state index < -0.39 is 10.8 Å². The molecule has 1 heterocycles. The first-order valence-electron chi connectivity index (χ1n) is 5.81. The minimum absolute atomic E-state index is 0.204. The van der Waals surface area contributed by atoms with Crippen LogP contribution in [0.5, 0.6) is 0 Å². The van der Waals surface area contributed by atoms with Crippen LogP contribution in [0.4, 0.5) is 0 Å². The van der Waals surface area contributed by atoms with E-state index in [9.17, 15) is 4.21 Å². The summed E-state index contributed by atoms with van der Waals surface area (Å²) in [7, 11) is -0.538. The van der Waals surface area contributed by atoms with Crippen molar-refractivity contribution in [1.29, 1.82) is 0 Å². The molecule has 0 unspecified atom stereocenters. The molecule has 0 aromatic heterocycles. The van der Waals surface area contributed by atoms with Crippen molar-refractivity contribution >= 4 is 10.8 Å². The van der Waals surface area contributed by atoms with Crippen molar-refractivity contribution in [2.45, 2.75) is 45.2 Å². The molecule has 3 nitrogen and oxygen atoms in total. The van der Waals surface area contributed by atoms with E-state index in [0.717, 1.165) is 37.4 Å². The fourth-order valence-corrected chi connectivity index (χ4v) is 3.01. The molecule has 0 saturated carbocycles. The lowest BCUT2D eigenvalue weighted by Crippen LogP contribution is -2.43. The Labute approximate surface area is 95.9 Å². The molecule has 0 aliphatic carbocycles. The molecule has 0 radical (unpaired) electrons. The molecule has 1 saturated heterocycles. The molecule has 15 heavy (non-hydrogen) atoms. The summed E-state index contributed by atoms with van der Waals surface area (Å²) in [4.78, 5) is 0. The first-order valence-corrected chi connectivity index (χ1v) is 7.29. The van der Waals surface area contributed by atoms with Gasteiger partial charge in [-0.25, -0.2) is 0 Å². The minimum Gasteiger partial charge on any atom is -0.313 e. The third kappa shape index (κ3) is 6.28. The van der Waals surface area contributed by atoms with Gasteiger partial charge in [0.05, 0.1) is 0 Å². The van der Waals surface area contributed by atoms with Crippen molar-refractivity contribution in [3.05, 3.63) is 0 Å². The summed E-state index contributed by atoms with van der Waals surface area (Å²) in [5.74, 6) is 1.76. The molecule has 1 aliphatic heterocycles. The zero-order valence-electron chi connectivity index (χ0n) is 10.1. The van der Waals surface area contributed by atoms with E-state index in [1.807, 2.05) is 0 Å². The van der Waals surface area contributed by atoms with Crippen molar-refractivity contribution in [3.63, 3.8) is 0 Å². The quantitative estimate of drug-likeness (QED) is 0.707. The highest BCUT2D eigenvalue weighted by Crippen LogP contribution is 2.08. The van der Waals surface area contributed by atoms with E-state index in [1.54, 1.807) is 0 Å². The van der Waals surface area contributed by atoms with Crippen molar-refractivity contribution in [1.82, 2.24) is 10.6 Å². The molecule has 0 aromatic rings. The summed E-state index contributed by atoms with van der Waals surface area (Å²) < 4.78 is 11.1. The summed E-state index contributed by atoms with van der Waals surface area (Å²) in [6, 6.07) is 0.587. The molecule has 90 valence electrons. The number of hydrogen-bond acceptors (Lipinski definition) is 3. The Hall–Kier alpha value is 0.0700. The van der Waals surface area contributed by atoms with E-state index in [1.165, 1.54) is 0 Å². The van der Waals surface area contributed by atoms with Gasteiger partial charge in [0.1, 0.15) is 0 Å². The van der Waals surface area contributed by atoms with Crippen LogP contribution in [-0.4, -0.2) is 40.4 Å². The van der Waals surface area contributed by atoms with Crippen LogP contribution in [-0.2, 0) is 10.8 Å². The van der Waals surface area contributed by atoms with Crippen LogP contribution in [0.3, 0.4) is 0 Å². The maximum atomic E-state index is 11.1. The van der Waals surface area contributed by atoms with Gasteiger partial charge >= 0.3 is 0 Å². The zero-order valence-corrected chi connectivity index (χ0v) is 11.0. The standard InChI is InChI=1S/C11H24N2OS/c1-11(2,3)13-7-6-12-10-4-8-15(14)9-5-10/h10,12-13H,4-9H2,1-3H3. The summed E-state index contributed by atoms with van der Waals surface area (Å²) in [5.41, 5.74) is 0.204. The first-order chi connectivity index (χ1) is 6.97. The van der Waals surface area contributed by atoms with Crippen LogP contribution in [0.2, 0.25) is 0 Å². The largest absolute Gasteiger partial charge is 0.313 e. The first kappa shape index (κ1) is 13.1. The van der Waals surface area contributed by atoms with Crippen molar-refractivity contribution in [2.75, 3.05) is 24.6 Å². The topological polar surface area (TPSA) is 41.1 Å². The fraction of sp³-hybridized carbons (Fsp3) is 1.00. The van der Waals surface area contributed by atoms with Crippen molar-refractivity contribution < 1.29 is 4.21 Å². The van der Waals surface area contributed by atoms with Gasteiger partial charge in [0.2, 0.25) is 0 Å². The molecule has 0 amide bonds. The van der Waals surface area contributed by atoms with Gasteiger partial charge in [-0.05, 0) is 33.6 Å². The minimum atomic E-state index is -0.538. The molecule has 4 heteroatoms. The van der Waals surface area contributed by atoms with E-state index >= 15 is 0 Å². The Kier molecular flexibility index (Phi) is 5.23. The number of hydrogen-bond donors (Lipinski definition) is 2. The summed E-state index contributed by atoms with van der Waals surface area (Å²) in [6.07, 6.45) is 2.14. The van der Waals surface area contributed by atoms with Crippen LogP contribution >= 0.6 is 0 Å². The van der Waals surface area contributed by atoms with Crippen LogP contribution in [0.25, 0.3) is 0 Å². The highest BCUT2D eigenvalue weighted by Gasteiger charge is 2.16. The van der Waals surface area contributed by atoms with E-state index in [2.05, 4.69) is 31.4 Å². The lowest BCUT2D eigenvalue weighted by Gasteiger charge is -2.25. The van der Waals surface area contributed by atoms with Gasteiger partial charge in [0.25, 0.3) is 0 Å². The summed E-state index contributed by atoms with van der Waals surface area (Å²) in [5, 5.41) is 6.97. The Morgan fingerprint density at radius 2 is 1.80 bits per heavy atom. The van der Waals surface area contributed by atoms with Gasteiger partial charge in [-0.3, -0.25) is 4.21 Å². The Balaban J connectivity index is 2.03. The summed E-state index contributed by atoms with van der Waals surface area (Å²) >= 11 is 0. The Bertz CT molecular complexity index is 203. The van der Waals surface area contributed by atoms with E-state index in [4.69, 9.17) is 0 Å².